The van der Waals surface area contributed by atoms with E-state index in [1.807, 2.05) is 0 Å². The predicted octanol–water partition coefficient (Wildman–Crippen LogP) is 5.08. The van der Waals surface area contributed by atoms with Gasteiger partial charge in [0.2, 0.25) is 0 Å². The minimum atomic E-state index is -1.05. The maximum Gasteiger partial charge on any atom is 0.343 e. The van der Waals surface area contributed by atoms with Gasteiger partial charge >= 0.3 is 17.8 Å². The van der Waals surface area contributed by atoms with E-state index in [2.05, 4.69) is 31.8 Å². The topological polar surface area (TPSA) is 115 Å². The zero-order valence-corrected chi connectivity index (χ0v) is 21.9. The molecule has 12 heteroatoms. The van der Waals surface area contributed by atoms with Gasteiger partial charge < -0.3 is 19.5 Å². The molecular formula is C24H18BrCl2N3O6. The van der Waals surface area contributed by atoms with Crippen LogP contribution in [-0.2, 0) is 9.59 Å². The van der Waals surface area contributed by atoms with E-state index < -0.39 is 17.8 Å². The van der Waals surface area contributed by atoms with Crippen molar-refractivity contribution in [2.24, 2.45) is 5.10 Å². The molecule has 9 nitrogen and oxygen atoms in total. The standard InChI is InChI=1S/C24H18BrCl2N3O6/c1-34-20-7-3-13(10-21(20)35-2)24(33)36-19-8-4-15(25)9-14(19)12-28-30-23(32)22(31)29-18-11-16(26)5-6-17(18)27/h3-12H,1-2H3,(H,29,31)(H,30,32). The SMILES string of the molecule is COc1ccc(C(=O)Oc2ccc(Br)cc2C=NNC(=O)C(=O)Nc2cc(Cl)ccc2Cl)cc1OC. The van der Waals surface area contributed by atoms with Crippen LogP contribution < -0.4 is 25.0 Å². The number of rotatable bonds is 7. The van der Waals surface area contributed by atoms with Gasteiger partial charge in [0.25, 0.3) is 0 Å². The second-order valence-corrected chi connectivity index (χ2v) is 8.68. The summed E-state index contributed by atoms with van der Waals surface area (Å²) in [6, 6.07) is 13.8. The highest BCUT2D eigenvalue weighted by Crippen LogP contribution is 2.29. The summed E-state index contributed by atoms with van der Waals surface area (Å²) in [6.45, 7) is 0. The van der Waals surface area contributed by atoms with Crippen molar-refractivity contribution in [2.75, 3.05) is 19.5 Å². The summed E-state index contributed by atoms with van der Waals surface area (Å²) in [6.07, 6.45) is 1.22. The van der Waals surface area contributed by atoms with Crippen molar-refractivity contribution >= 4 is 68.8 Å². The van der Waals surface area contributed by atoms with Gasteiger partial charge in [-0.2, -0.15) is 5.10 Å². The van der Waals surface area contributed by atoms with Crippen molar-refractivity contribution < 1.29 is 28.6 Å². The quantitative estimate of drug-likeness (QED) is 0.130. The van der Waals surface area contributed by atoms with Gasteiger partial charge in [-0.25, -0.2) is 10.2 Å². The fourth-order valence-electron chi connectivity index (χ4n) is 2.82. The second kappa shape index (κ2) is 12.4. The molecule has 0 aliphatic rings. The normalized spacial score (nSPS) is 10.6. The fraction of sp³-hybridized carbons (Fsp3) is 0.0833. The number of methoxy groups -OCH3 is 2. The molecule has 0 spiro atoms. The Balaban J connectivity index is 1.70. The third kappa shape index (κ3) is 6.97. The largest absolute Gasteiger partial charge is 0.493 e. The van der Waals surface area contributed by atoms with Gasteiger partial charge in [-0.15, -0.1) is 0 Å². The first-order chi connectivity index (χ1) is 17.2. The zero-order chi connectivity index (χ0) is 26.2. The maximum absolute atomic E-state index is 12.7. The summed E-state index contributed by atoms with van der Waals surface area (Å²) in [5.41, 5.74) is 2.84. The highest BCUT2D eigenvalue weighted by molar-refractivity contribution is 9.10. The summed E-state index contributed by atoms with van der Waals surface area (Å²) in [7, 11) is 2.94. The van der Waals surface area contributed by atoms with Crippen LogP contribution >= 0.6 is 39.1 Å². The molecule has 0 aliphatic heterocycles. The van der Waals surface area contributed by atoms with E-state index in [4.69, 9.17) is 37.4 Å². The lowest BCUT2D eigenvalue weighted by atomic mass is 10.2. The van der Waals surface area contributed by atoms with E-state index >= 15 is 0 Å². The monoisotopic (exact) mass is 593 g/mol. The van der Waals surface area contributed by atoms with E-state index in [0.29, 0.717) is 26.6 Å². The number of hydrazone groups is 1. The van der Waals surface area contributed by atoms with E-state index in [1.165, 1.54) is 50.8 Å². The zero-order valence-electron chi connectivity index (χ0n) is 18.8. The van der Waals surface area contributed by atoms with Gasteiger partial charge in [0.05, 0.1) is 36.7 Å². The first-order valence-corrected chi connectivity index (χ1v) is 11.6. The van der Waals surface area contributed by atoms with Gasteiger partial charge in [-0.05, 0) is 54.6 Å². The maximum atomic E-state index is 12.7. The predicted molar refractivity (Wildman–Crippen MR) is 139 cm³/mol. The van der Waals surface area contributed by atoms with Crippen LogP contribution in [-0.4, -0.2) is 38.2 Å². The molecule has 0 saturated carbocycles. The molecule has 3 aromatic rings. The van der Waals surface area contributed by atoms with Gasteiger partial charge in [0, 0.05) is 15.1 Å². The van der Waals surface area contributed by atoms with E-state index in [9.17, 15) is 14.4 Å². The molecule has 0 aliphatic carbocycles. The van der Waals surface area contributed by atoms with Crippen LogP contribution in [0.25, 0.3) is 0 Å². The summed E-state index contributed by atoms with van der Waals surface area (Å²) in [5, 5.41) is 6.67. The smallest absolute Gasteiger partial charge is 0.343 e. The van der Waals surface area contributed by atoms with Gasteiger partial charge in [-0.1, -0.05) is 39.1 Å². The van der Waals surface area contributed by atoms with Crippen LogP contribution in [0.2, 0.25) is 10.0 Å². The number of carbonyl (C=O) groups excluding carboxylic acids is 3. The number of benzene rings is 3. The Labute approximate surface area is 224 Å². The minimum Gasteiger partial charge on any atom is -0.493 e. The van der Waals surface area contributed by atoms with Crippen LogP contribution in [0.1, 0.15) is 15.9 Å². The van der Waals surface area contributed by atoms with Crippen molar-refractivity contribution in [3.8, 4) is 17.2 Å². The van der Waals surface area contributed by atoms with Crippen molar-refractivity contribution in [1.82, 2.24) is 5.43 Å². The lowest BCUT2D eigenvalue weighted by Gasteiger charge is -2.11. The number of halogens is 3. The van der Waals surface area contributed by atoms with E-state index in [0.717, 1.165) is 0 Å². The van der Waals surface area contributed by atoms with Crippen molar-refractivity contribution in [2.45, 2.75) is 0 Å². The average molecular weight is 595 g/mol. The van der Waals surface area contributed by atoms with Gasteiger partial charge in [0.15, 0.2) is 11.5 Å². The molecule has 2 amide bonds. The van der Waals surface area contributed by atoms with Crippen LogP contribution in [0.4, 0.5) is 5.69 Å². The molecule has 0 fully saturated rings. The molecule has 0 bridgehead atoms. The molecule has 0 aromatic heterocycles. The van der Waals surface area contributed by atoms with Crippen molar-refractivity contribution in [3.63, 3.8) is 0 Å². The Kier molecular flexibility index (Phi) is 9.29. The first kappa shape index (κ1) is 27.0. The summed E-state index contributed by atoms with van der Waals surface area (Å²) in [4.78, 5) is 37.0. The summed E-state index contributed by atoms with van der Waals surface area (Å²) in [5.74, 6) is -1.74. The number of nitrogens with one attached hydrogen (secondary N) is 2. The summed E-state index contributed by atoms with van der Waals surface area (Å²) < 4.78 is 16.5. The third-order valence-corrected chi connectivity index (χ3v) is 5.60. The lowest BCUT2D eigenvalue weighted by molar-refractivity contribution is -0.136. The lowest BCUT2D eigenvalue weighted by Crippen LogP contribution is -2.32. The number of hydrogen-bond donors (Lipinski definition) is 2. The number of hydrogen-bond acceptors (Lipinski definition) is 7. The molecule has 36 heavy (non-hydrogen) atoms. The average Bonchev–Trinajstić information content (AvgIpc) is 2.87. The molecule has 0 unspecified atom stereocenters. The van der Waals surface area contributed by atoms with Crippen molar-refractivity contribution in [3.05, 3.63) is 80.2 Å². The van der Waals surface area contributed by atoms with Crippen LogP contribution in [0.3, 0.4) is 0 Å². The first-order valence-electron chi connectivity index (χ1n) is 10.0. The Morgan fingerprint density at radius 3 is 2.33 bits per heavy atom. The second-order valence-electron chi connectivity index (χ2n) is 6.92. The third-order valence-electron chi connectivity index (χ3n) is 4.55. The molecule has 0 heterocycles. The number of carbonyl (C=O) groups is 3. The molecule has 0 saturated heterocycles. The number of nitrogens with zero attached hydrogens (tertiary/aromatic N) is 1. The van der Waals surface area contributed by atoms with E-state index in [-0.39, 0.29) is 22.0 Å². The fourth-order valence-corrected chi connectivity index (χ4v) is 3.53. The molecule has 0 radical (unpaired) electrons. The molecular weight excluding hydrogens is 577 g/mol. The van der Waals surface area contributed by atoms with Gasteiger partial charge in [0.1, 0.15) is 5.75 Å². The molecule has 186 valence electrons. The Morgan fingerprint density at radius 2 is 1.61 bits per heavy atom. The van der Waals surface area contributed by atoms with Crippen molar-refractivity contribution in [1.29, 1.82) is 0 Å². The highest BCUT2D eigenvalue weighted by Gasteiger charge is 2.16. The Morgan fingerprint density at radius 1 is 0.889 bits per heavy atom. The molecule has 0 atom stereocenters. The van der Waals surface area contributed by atoms with Gasteiger partial charge in [-0.3, -0.25) is 9.59 Å². The Bertz CT molecular complexity index is 1350. The molecule has 3 aromatic carbocycles. The van der Waals surface area contributed by atoms with Crippen LogP contribution in [0, 0.1) is 0 Å². The summed E-state index contributed by atoms with van der Waals surface area (Å²) >= 11 is 15.2. The Hall–Kier alpha value is -3.60. The number of amides is 2. The van der Waals surface area contributed by atoms with Crippen LogP contribution in [0.15, 0.2) is 64.2 Å². The number of ether oxygens (including phenoxy) is 3. The van der Waals surface area contributed by atoms with Crippen LogP contribution in [0.5, 0.6) is 17.2 Å². The minimum absolute atomic E-state index is 0.158. The number of esters is 1. The molecule has 2 N–H and O–H groups in total. The molecule has 3 rings (SSSR count). The number of anilines is 1. The van der Waals surface area contributed by atoms with E-state index in [1.54, 1.807) is 24.3 Å². The highest BCUT2D eigenvalue weighted by atomic mass is 79.9.